The average molecular weight is 370 g/mol. The van der Waals surface area contributed by atoms with Gasteiger partial charge in [0.2, 0.25) is 4.90 Å². The molecule has 0 aliphatic carbocycles. The summed E-state index contributed by atoms with van der Waals surface area (Å²) in [6, 6.07) is 5.48. The van der Waals surface area contributed by atoms with Gasteiger partial charge in [-0.1, -0.05) is 15.9 Å². The Labute approximate surface area is 135 Å². The van der Waals surface area contributed by atoms with Crippen molar-refractivity contribution in [1.82, 2.24) is 14.2 Å². The molecule has 0 saturated carbocycles. The molecule has 1 saturated heterocycles. The fourth-order valence-corrected chi connectivity index (χ4v) is 3.91. The number of pyridine rings is 1. The summed E-state index contributed by atoms with van der Waals surface area (Å²) in [6.07, 6.45) is 1.51. The highest BCUT2D eigenvalue weighted by Crippen LogP contribution is 2.33. The SMILES string of the molecule is CN1CCN([S+]([O-])c2cnc3ccc(Br)cc3c2O)CC1. The molecule has 1 fully saturated rings. The van der Waals surface area contributed by atoms with Crippen LogP contribution in [0.4, 0.5) is 0 Å². The molecule has 1 atom stereocenters. The van der Waals surface area contributed by atoms with Crippen LogP contribution in [0.2, 0.25) is 0 Å². The van der Waals surface area contributed by atoms with E-state index in [1.165, 1.54) is 6.20 Å². The molecule has 1 N–H and O–H groups in total. The highest BCUT2D eigenvalue weighted by Gasteiger charge is 2.29. The quantitative estimate of drug-likeness (QED) is 0.819. The molecule has 5 nitrogen and oxygen atoms in total. The van der Waals surface area contributed by atoms with Crippen LogP contribution in [0.3, 0.4) is 0 Å². The lowest BCUT2D eigenvalue weighted by Crippen LogP contribution is -2.47. The predicted molar refractivity (Wildman–Crippen MR) is 86.6 cm³/mol. The Morgan fingerprint density at radius 3 is 2.71 bits per heavy atom. The third-order valence-electron chi connectivity index (χ3n) is 3.65. The van der Waals surface area contributed by atoms with Gasteiger partial charge >= 0.3 is 0 Å². The van der Waals surface area contributed by atoms with E-state index in [0.717, 1.165) is 30.7 Å². The first-order valence-corrected chi connectivity index (χ1v) is 8.59. The minimum Gasteiger partial charge on any atom is -0.593 e. The normalized spacial score (nSPS) is 19.0. The van der Waals surface area contributed by atoms with Crippen molar-refractivity contribution in [2.24, 2.45) is 0 Å². The van der Waals surface area contributed by atoms with Gasteiger partial charge in [-0.15, -0.1) is 4.31 Å². The van der Waals surface area contributed by atoms with Crippen LogP contribution < -0.4 is 0 Å². The second kappa shape index (κ2) is 6.10. The Kier molecular flexibility index (Phi) is 4.37. The van der Waals surface area contributed by atoms with Crippen LogP contribution in [0, 0.1) is 0 Å². The zero-order valence-corrected chi connectivity index (χ0v) is 14.0. The molecule has 7 heteroatoms. The number of halogens is 1. The molecule has 2 heterocycles. The van der Waals surface area contributed by atoms with Crippen LogP contribution in [0.15, 0.2) is 33.8 Å². The van der Waals surface area contributed by atoms with Crippen molar-refractivity contribution in [2.45, 2.75) is 4.90 Å². The van der Waals surface area contributed by atoms with Gasteiger partial charge in [0, 0.05) is 22.9 Å². The third-order valence-corrected chi connectivity index (χ3v) is 5.66. The van der Waals surface area contributed by atoms with E-state index in [4.69, 9.17) is 0 Å². The number of aromatic hydroxyl groups is 1. The summed E-state index contributed by atoms with van der Waals surface area (Å²) in [5, 5.41) is 11.1. The number of benzene rings is 1. The van der Waals surface area contributed by atoms with Crippen molar-refractivity contribution in [2.75, 3.05) is 33.2 Å². The summed E-state index contributed by atoms with van der Waals surface area (Å²) in [4.78, 5) is 6.88. The Bertz CT molecular complexity index is 662. The van der Waals surface area contributed by atoms with E-state index in [2.05, 4.69) is 25.8 Å². The van der Waals surface area contributed by atoms with Gasteiger partial charge in [0.15, 0.2) is 5.75 Å². The first-order valence-electron chi connectivity index (χ1n) is 6.69. The summed E-state index contributed by atoms with van der Waals surface area (Å²) in [5.41, 5.74) is 0.690. The lowest BCUT2D eigenvalue weighted by atomic mass is 10.2. The van der Waals surface area contributed by atoms with Gasteiger partial charge in [-0.25, -0.2) is 0 Å². The largest absolute Gasteiger partial charge is 0.593 e. The van der Waals surface area contributed by atoms with E-state index >= 15 is 0 Å². The topological polar surface area (TPSA) is 62.7 Å². The second-order valence-corrected chi connectivity index (χ2v) is 7.48. The minimum atomic E-state index is -1.38. The van der Waals surface area contributed by atoms with Crippen molar-refractivity contribution >= 4 is 38.2 Å². The third kappa shape index (κ3) is 3.02. The van der Waals surface area contributed by atoms with Gasteiger partial charge in [-0.05, 0) is 25.2 Å². The summed E-state index contributed by atoms with van der Waals surface area (Å²) in [5.74, 6) is 0.0542. The van der Waals surface area contributed by atoms with E-state index in [1.54, 1.807) is 6.07 Å². The Balaban J connectivity index is 1.94. The standard InChI is InChI=1S/C14H16BrN3O2S/c1-17-4-6-18(7-5-17)21(20)13-9-16-12-3-2-10(15)8-11(12)14(13)19/h2-3,8-9H,4-7H2,1H3,(H,16,19). The Morgan fingerprint density at radius 2 is 2.00 bits per heavy atom. The van der Waals surface area contributed by atoms with E-state index in [9.17, 15) is 9.66 Å². The van der Waals surface area contributed by atoms with Crippen LogP contribution >= 0.6 is 15.9 Å². The van der Waals surface area contributed by atoms with Gasteiger partial charge in [0.25, 0.3) is 0 Å². The molecule has 0 amide bonds. The fourth-order valence-electron chi connectivity index (χ4n) is 2.35. The highest BCUT2D eigenvalue weighted by atomic mass is 79.9. The first kappa shape index (κ1) is 15.1. The van der Waals surface area contributed by atoms with Crippen LogP contribution in [-0.4, -0.2) is 57.1 Å². The molecule has 0 spiro atoms. The van der Waals surface area contributed by atoms with Crippen molar-refractivity contribution in [3.8, 4) is 5.75 Å². The Morgan fingerprint density at radius 1 is 1.29 bits per heavy atom. The zero-order valence-electron chi connectivity index (χ0n) is 11.6. The Hall–Kier alpha value is -0.860. The number of nitrogens with zero attached hydrogens (tertiary/aromatic N) is 3. The van der Waals surface area contributed by atoms with E-state index in [-0.39, 0.29) is 5.75 Å². The molecule has 1 aromatic heterocycles. The number of rotatable bonds is 2. The minimum absolute atomic E-state index is 0.0542. The van der Waals surface area contributed by atoms with Crippen molar-refractivity contribution < 1.29 is 9.66 Å². The molecule has 1 aliphatic heterocycles. The van der Waals surface area contributed by atoms with E-state index < -0.39 is 11.4 Å². The van der Waals surface area contributed by atoms with Crippen LogP contribution in [0.1, 0.15) is 0 Å². The number of likely N-dealkylation sites (N-methyl/N-ethyl adjacent to an activating group) is 1. The second-order valence-electron chi connectivity index (χ2n) is 5.11. The molecule has 2 aromatic rings. The monoisotopic (exact) mass is 369 g/mol. The van der Waals surface area contributed by atoms with Crippen LogP contribution in [0.25, 0.3) is 10.9 Å². The lowest BCUT2D eigenvalue weighted by molar-refractivity contribution is 0.222. The molecule has 1 aliphatic rings. The predicted octanol–water partition coefficient (Wildman–Crippen LogP) is 1.97. The lowest BCUT2D eigenvalue weighted by Gasteiger charge is -2.31. The summed E-state index contributed by atoms with van der Waals surface area (Å²) >= 11 is 2.00. The van der Waals surface area contributed by atoms with Crippen molar-refractivity contribution in [3.63, 3.8) is 0 Å². The molecule has 3 rings (SSSR count). The van der Waals surface area contributed by atoms with Crippen molar-refractivity contribution in [1.29, 1.82) is 0 Å². The molecular weight excluding hydrogens is 354 g/mol. The van der Waals surface area contributed by atoms with Gasteiger partial charge in [-0.3, -0.25) is 4.98 Å². The number of hydrogen-bond donors (Lipinski definition) is 1. The number of piperazine rings is 1. The van der Waals surface area contributed by atoms with Gasteiger partial charge in [0.1, 0.15) is 0 Å². The molecule has 0 radical (unpaired) electrons. The van der Waals surface area contributed by atoms with Gasteiger partial charge in [-0.2, -0.15) is 0 Å². The molecule has 0 bridgehead atoms. The maximum Gasteiger partial charge on any atom is 0.234 e. The molecule has 1 unspecified atom stereocenters. The van der Waals surface area contributed by atoms with E-state index in [1.807, 2.05) is 23.5 Å². The summed E-state index contributed by atoms with van der Waals surface area (Å²) in [7, 11) is 2.05. The maximum atomic E-state index is 12.7. The summed E-state index contributed by atoms with van der Waals surface area (Å²) in [6.45, 7) is 3.19. The molecule has 112 valence electrons. The first-order chi connectivity index (χ1) is 10.1. The van der Waals surface area contributed by atoms with E-state index in [0.29, 0.717) is 15.8 Å². The average Bonchev–Trinajstić information content (AvgIpc) is 2.48. The number of hydrogen-bond acceptors (Lipinski definition) is 5. The zero-order chi connectivity index (χ0) is 15.0. The van der Waals surface area contributed by atoms with Gasteiger partial charge < -0.3 is 14.6 Å². The molecule has 1 aromatic carbocycles. The van der Waals surface area contributed by atoms with Gasteiger partial charge in [0.05, 0.1) is 36.2 Å². The van der Waals surface area contributed by atoms with Crippen LogP contribution in [0.5, 0.6) is 5.75 Å². The maximum absolute atomic E-state index is 12.7. The summed E-state index contributed by atoms with van der Waals surface area (Å²) < 4.78 is 15.4. The van der Waals surface area contributed by atoms with Crippen LogP contribution in [-0.2, 0) is 11.4 Å². The van der Waals surface area contributed by atoms with Crippen molar-refractivity contribution in [3.05, 3.63) is 28.9 Å². The fraction of sp³-hybridized carbons (Fsp3) is 0.357. The highest BCUT2D eigenvalue weighted by molar-refractivity contribution is 9.10. The number of aromatic nitrogens is 1. The smallest absolute Gasteiger partial charge is 0.234 e. The molecular formula is C14H16BrN3O2S. The number of fused-ring (bicyclic) bond motifs is 1. The molecule has 21 heavy (non-hydrogen) atoms.